The van der Waals surface area contributed by atoms with Gasteiger partial charge in [0.05, 0.1) is 6.10 Å². The topological polar surface area (TPSA) is 32.3 Å². The van der Waals surface area contributed by atoms with Gasteiger partial charge in [0, 0.05) is 12.0 Å². The zero-order valence-electron chi connectivity index (χ0n) is 8.77. The zero-order chi connectivity index (χ0) is 9.53. The van der Waals surface area contributed by atoms with E-state index in [9.17, 15) is 5.11 Å². The first-order chi connectivity index (χ1) is 6.04. The van der Waals surface area contributed by atoms with Crippen LogP contribution < -0.4 is 5.32 Å². The van der Waals surface area contributed by atoms with Crippen LogP contribution in [0.4, 0.5) is 0 Å². The van der Waals surface area contributed by atoms with E-state index in [1.54, 1.807) is 0 Å². The van der Waals surface area contributed by atoms with Crippen LogP contribution >= 0.6 is 0 Å². The van der Waals surface area contributed by atoms with Gasteiger partial charge in [0.2, 0.25) is 0 Å². The maximum atomic E-state index is 10.1. The van der Waals surface area contributed by atoms with Crippen LogP contribution in [-0.2, 0) is 0 Å². The molecule has 1 aliphatic heterocycles. The van der Waals surface area contributed by atoms with E-state index in [0.717, 1.165) is 25.9 Å². The fourth-order valence-corrected chi connectivity index (χ4v) is 3.19. The summed E-state index contributed by atoms with van der Waals surface area (Å²) >= 11 is 0. The lowest BCUT2D eigenvalue weighted by atomic mass is 9.61. The van der Waals surface area contributed by atoms with E-state index in [2.05, 4.69) is 19.2 Å². The number of hydrogen-bond donors (Lipinski definition) is 2. The Labute approximate surface area is 80.7 Å². The van der Waals surface area contributed by atoms with Crippen molar-refractivity contribution in [2.45, 2.75) is 45.6 Å². The van der Waals surface area contributed by atoms with Crippen LogP contribution in [0.15, 0.2) is 0 Å². The summed E-state index contributed by atoms with van der Waals surface area (Å²) in [5, 5.41) is 13.4. The third-order valence-electron chi connectivity index (χ3n) is 3.91. The number of hydrogen-bond acceptors (Lipinski definition) is 2. The van der Waals surface area contributed by atoms with Crippen molar-refractivity contribution in [3.05, 3.63) is 0 Å². The predicted molar refractivity (Wildman–Crippen MR) is 53.6 cm³/mol. The Bertz CT molecular complexity index is 194. The lowest BCUT2D eigenvalue weighted by molar-refractivity contribution is -0.0417. The maximum absolute atomic E-state index is 10.1. The molecule has 2 heteroatoms. The Morgan fingerprint density at radius 1 is 1.31 bits per heavy atom. The third kappa shape index (κ3) is 1.62. The SMILES string of the molecule is CC1(C)CCC(O)C2(CCNC2)C1. The largest absolute Gasteiger partial charge is 0.392 e. The van der Waals surface area contributed by atoms with Gasteiger partial charge < -0.3 is 10.4 Å². The van der Waals surface area contributed by atoms with Gasteiger partial charge >= 0.3 is 0 Å². The second kappa shape index (κ2) is 2.96. The highest BCUT2D eigenvalue weighted by Gasteiger charge is 2.47. The van der Waals surface area contributed by atoms with E-state index in [0.29, 0.717) is 5.41 Å². The molecule has 1 heterocycles. The van der Waals surface area contributed by atoms with Gasteiger partial charge in [-0.05, 0) is 37.6 Å². The van der Waals surface area contributed by atoms with Crippen LogP contribution in [0.1, 0.15) is 39.5 Å². The quantitative estimate of drug-likeness (QED) is 0.597. The third-order valence-corrected chi connectivity index (χ3v) is 3.91. The maximum Gasteiger partial charge on any atom is 0.0609 e. The first-order valence-corrected chi connectivity index (χ1v) is 5.43. The molecule has 2 aliphatic rings. The van der Waals surface area contributed by atoms with Crippen molar-refractivity contribution in [1.29, 1.82) is 0 Å². The Balaban J connectivity index is 2.15. The lowest BCUT2D eigenvalue weighted by Gasteiger charge is -2.45. The fourth-order valence-electron chi connectivity index (χ4n) is 3.19. The van der Waals surface area contributed by atoms with Crippen molar-refractivity contribution in [2.75, 3.05) is 13.1 Å². The van der Waals surface area contributed by atoms with Crippen LogP contribution in [0.3, 0.4) is 0 Å². The van der Waals surface area contributed by atoms with Gasteiger partial charge in [-0.1, -0.05) is 13.8 Å². The fraction of sp³-hybridized carbons (Fsp3) is 1.00. The molecule has 0 aromatic heterocycles. The molecule has 76 valence electrons. The molecular weight excluding hydrogens is 162 g/mol. The molecule has 1 spiro atoms. The molecule has 0 aromatic rings. The van der Waals surface area contributed by atoms with Gasteiger partial charge in [0.25, 0.3) is 0 Å². The van der Waals surface area contributed by atoms with Gasteiger partial charge in [-0.2, -0.15) is 0 Å². The zero-order valence-corrected chi connectivity index (χ0v) is 8.77. The highest BCUT2D eigenvalue weighted by molar-refractivity contribution is 5.00. The van der Waals surface area contributed by atoms with E-state index in [-0.39, 0.29) is 11.5 Å². The average Bonchev–Trinajstić information content (AvgIpc) is 2.47. The lowest BCUT2D eigenvalue weighted by Crippen LogP contribution is -2.45. The highest BCUT2D eigenvalue weighted by atomic mass is 16.3. The first kappa shape index (κ1) is 9.47. The van der Waals surface area contributed by atoms with Crippen molar-refractivity contribution in [1.82, 2.24) is 5.32 Å². The van der Waals surface area contributed by atoms with Gasteiger partial charge in [-0.3, -0.25) is 0 Å². The van der Waals surface area contributed by atoms with Gasteiger partial charge in [0.15, 0.2) is 0 Å². The minimum Gasteiger partial charge on any atom is -0.392 e. The molecule has 0 radical (unpaired) electrons. The average molecular weight is 183 g/mol. The number of aliphatic hydroxyl groups excluding tert-OH is 1. The minimum atomic E-state index is -0.0597. The van der Waals surface area contributed by atoms with Crippen molar-refractivity contribution >= 4 is 0 Å². The van der Waals surface area contributed by atoms with Crippen molar-refractivity contribution in [2.24, 2.45) is 10.8 Å². The molecule has 1 saturated heterocycles. The standard InChI is InChI=1S/C11H21NO/c1-10(2)4-3-9(13)11(7-10)5-6-12-8-11/h9,12-13H,3-8H2,1-2H3. The summed E-state index contributed by atoms with van der Waals surface area (Å²) in [6.45, 7) is 6.78. The molecule has 2 fully saturated rings. The molecule has 2 unspecified atom stereocenters. The summed E-state index contributed by atoms with van der Waals surface area (Å²) in [7, 11) is 0. The monoisotopic (exact) mass is 183 g/mol. The molecule has 2 nitrogen and oxygen atoms in total. The highest BCUT2D eigenvalue weighted by Crippen LogP contribution is 2.49. The minimum absolute atomic E-state index is 0.0597. The van der Waals surface area contributed by atoms with E-state index < -0.39 is 0 Å². The molecule has 1 saturated carbocycles. The Hall–Kier alpha value is -0.0800. The number of nitrogens with one attached hydrogen (secondary N) is 1. The molecule has 2 rings (SSSR count). The molecule has 2 atom stereocenters. The van der Waals surface area contributed by atoms with Crippen LogP contribution in [-0.4, -0.2) is 24.3 Å². The van der Waals surface area contributed by atoms with Gasteiger partial charge in [-0.25, -0.2) is 0 Å². The van der Waals surface area contributed by atoms with Crippen LogP contribution in [0.2, 0.25) is 0 Å². The van der Waals surface area contributed by atoms with Crippen LogP contribution in [0.5, 0.6) is 0 Å². The smallest absolute Gasteiger partial charge is 0.0609 e. The Morgan fingerprint density at radius 3 is 2.69 bits per heavy atom. The van der Waals surface area contributed by atoms with Gasteiger partial charge in [-0.15, -0.1) is 0 Å². The van der Waals surface area contributed by atoms with Crippen LogP contribution in [0, 0.1) is 10.8 Å². The molecular formula is C11H21NO. The molecule has 2 N–H and O–H groups in total. The van der Waals surface area contributed by atoms with Crippen molar-refractivity contribution < 1.29 is 5.11 Å². The summed E-state index contributed by atoms with van der Waals surface area (Å²) in [6, 6.07) is 0. The molecule has 13 heavy (non-hydrogen) atoms. The number of aliphatic hydroxyl groups is 1. The Morgan fingerprint density at radius 2 is 2.08 bits per heavy atom. The van der Waals surface area contributed by atoms with E-state index in [4.69, 9.17) is 0 Å². The number of rotatable bonds is 0. The van der Waals surface area contributed by atoms with Crippen molar-refractivity contribution in [3.63, 3.8) is 0 Å². The summed E-state index contributed by atoms with van der Waals surface area (Å²) in [6.07, 6.45) is 4.46. The first-order valence-electron chi connectivity index (χ1n) is 5.43. The summed E-state index contributed by atoms with van der Waals surface area (Å²) < 4.78 is 0. The van der Waals surface area contributed by atoms with Gasteiger partial charge in [0.1, 0.15) is 0 Å². The molecule has 0 amide bonds. The van der Waals surface area contributed by atoms with E-state index in [1.807, 2.05) is 0 Å². The second-order valence-electron chi connectivity index (χ2n) is 5.68. The van der Waals surface area contributed by atoms with Crippen molar-refractivity contribution in [3.8, 4) is 0 Å². The Kier molecular flexibility index (Phi) is 2.16. The summed E-state index contributed by atoms with van der Waals surface area (Å²) in [5.41, 5.74) is 0.646. The summed E-state index contributed by atoms with van der Waals surface area (Å²) in [5.74, 6) is 0. The molecule has 0 aromatic carbocycles. The van der Waals surface area contributed by atoms with E-state index in [1.165, 1.54) is 12.8 Å². The van der Waals surface area contributed by atoms with Crippen LogP contribution in [0.25, 0.3) is 0 Å². The molecule has 0 bridgehead atoms. The normalized spacial score (nSPS) is 44.1. The molecule has 1 aliphatic carbocycles. The summed E-state index contributed by atoms with van der Waals surface area (Å²) in [4.78, 5) is 0. The second-order valence-corrected chi connectivity index (χ2v) is 5.68. The van der Waals surface area contributed by atoms with E-state index >= 15 is 0 Å². The predicted octanol–water partition coefficient (Wildman–Crippen LogP) is 1.54.